The van der Waals surface area contributed by atoms with Crippen molar-refractivity contribution < 1.29 is 29.3 Å². The molecule has 0 atom stereocenters. The molecule has 16 heavy (non-hydrogen) atoms. The zero-order valence-electron chi connectivity index (χ0n) is 8.79. The van der Waals surface area contributed by atoms with E-state index in [9.17, 15) is 14.9 Å². The van der Waals surface area contributed by atoms with Crippen LogP contribution in [0.15, 0.2) is 0 Å². The Bertz CT molecular complexity index is 187. The number of hydrogen-bond acceptors (Lipinski definition) is 6. The first-order chi connectivity index (χ1) is 7.63. The first-order valence-electron chi connectivity index (χ1n) is 4.77. The summed E-state index contributed by atoms with van der Waals surface area (Å²) in [6.45, 7) is 1.01. The van der Waals surface area contributed by atoms with Crippen LogP contribution in [0.5, 0.6) is 0 Å². The molecule has 0 aromatic rings. The van der Waals surface area contributed by atoms with Gasteiger partial charge in [-0.25, -0.2) is 0 Å². The zero-order valence-corrected chi connectivity index (χ0v) is 8.79. The Morgan fingerprint density at radius 2 is 1.69 bits per heavy atom. The summed E-state index contributed by atoms with van der Waals surface area (Å²) in [7, 11) is 0. The van der Waals surface area contributed by atoms with Crippen LogP contribution in [0.4, 0.5) is 0 Å². The molecule has 0 bridgehead atoms. The quantitative estimate of drug-likeness (QED) is 0.308. The first-order valence-corrected chi connectivity index (χ1v) is 4.77. The summed E-state index contributed by atoms with van der Waals surface area (Å²) in [5.41, 5.74) is 0. The molecule has 0 fully saturated rings. The molecule has 1 N–H and O–H groups in total. The largest absolute Gasteiger partial charge is 0.481 e. The maximum atomic E-state index is 10.1. The minimum absolute atomic E-state index is 0.0809. The molecule has 8 nitrogen and oxygen atoms in total. The maximum Gasteiger partial charge on any atom is 0.303 e. The van der Waals surface area contributed by atoms with Crippen LogP contribution in [0.3, 0.4) is 0 Å². The van der Waals surface area contributed by atoms with E-state index in [2.05, 4.69) is 4.84 Å². The van der Waals surface area contributed by atoms with Crippen LogP contribution in [0.1, 0.15) is 12.8 Å². The summed E-state index contributed by atoms with van der Waals surface area (Å²) in [4.78, 5) is 23.8. The number of carboxylic acids is 1. The van der Waals surface area contributed by atoms with Crippen LogP contribution in [-0.2, 0) is 19.1 Å². The van der Waals surface area contributed by atoms with E-state index >= 15 is 0 Å². The van der Waals surface area contributed by atoms with Gasteiger partial charge in [0.2, 0.25) is 0 Å². The highest BCUT2D eigenvalue weighted by atomic mass is 17.0. The van der Waals surface area contributed by atoms with Gasteiger partial charge >= 0.3 is 5.97 Å². The Labute approximate surface area is 92.2 Å². The normalized spacial score (nSPS) is 10.0. The zero-order chi connectivity index (χ0) is 12.2. The number of rotatable bonds is 11. The van der Waals surface area contributed by atoms with Gasteiger partial charge < -0.3 is 19.4 Å². The molecule has 0 rings (SSSR count). The second-order valence-electron chi connectivity index (χ2n) is 2.78. The van der Waals surface area contributed by atoms with Crippen LogP contribution in [0.2, 0.25) is 0 Å². The predicted molar refractivity (Wildman–Crippen MR) is 51.5 cm³/mol. The molecule has 0 unspecified atom stereocenters. The molecule has 8 heteroatoms. The first kappa shape index (κ1) is 14.6. The topological polar surface area (TPSA) is 108 Å². The third-order valence-electron chi connectivity index (χ3n) is 1.48. The minimum Gasteiger partial charge on any atom is -0.481 e. The highest BCUT2D eigenvalue weighted by molar-refractivity contribution is 5.66. The predicted octanol–water partition coefficient (Wildman–Crippen LogP) is 0.0927. The van der Waals surface area contributed by atoms with Gasteiger partial charge in [-0.3, -0.25) is 4.79 Å². The van der Waals surface area contributed by atoms with E-state index in [4.69, 9.17) is 14.6 Å². The minimum atomic E-state index is -0.883. The van der Waals surface area contributed by atoms with Crippen molar-refractivity contribution in [1.82, 2.24) is 0 Å². The van der Waals surface area contributed by atoms with Crippen molar-refractivity contribution in [2.75, 3.05) is 33.0 Å². The molecular formula is C8H15NO7. The smallest absolute Gasteiger partial charge is 0.303 e. The lowest BCUT2D eigenvalue weighted by Gasteiger charge is -2.04. The molecule has 94 valence electrons. The van der Waals surface area contributed by atoms with Gasteiger partial charge in [-0.15, -0.1) is 10.1 Å². The van der Waals surface area contributed by atoms with Crippen molar-refractivity contribution in [3.8, 4) is 0 Å². The lowest BCUT2D eigenvalue weighted by molar-refractivity contribution is -0.758. The standard InChI is InChI=1S/C8H15NO7/c10-8(11)2-1-3-14-4-5-15-6-7-16-9(12)13/h1-7H2,(H,10,11). The van der Waals surface area contributed by atoms with Gasteiger partial charge in [0.05, 0.1) is 19.8 Å². The second-order valence-corrected chi connectivity index (χ2v) is 2.78. The van der Waals surface area contributed by atoms with Gasteiger partial charge in [-0.1, -0.05) is 0 Å². The highest BCUT2D eigenvalue weighted by Gasteiger charge is 1.97. The summed E-state index contributed by atoms with van der Waals surface area (Å²) < 4.78 is 9.99. The van der Waals surface area contributed by atoms with Crippen molar-refractivity contribution in [3.05, 3.63) is 10.1 Å². The summed E-state index contributed by atoms with van der Waals surface area (Å²) in [5, 5.41) is 17.1. The van der Waals surface area contributed by atoms with Gasteiger partial charge in [0.25, 0.3) is 5.09 Å². The summed E-state index contributed by atoms with van der Waals surface area (Å²) in [6, 6.07) is 0. The Morgan fingerprint density at radius 1 is 1.12 bits per heavy atom. The summed E-state index contributed by atoms with van der Waals surface area (Å²) in [5.74, 6) is -0.850. The Hall–Kier alpha value is -1.41. The number of hydrogen-bond donors (Lipinski definition) is 1. The molecule has 0 aliphatic carbocycles. The lowest BCUT2D eigenvalue weighted by Crippen LogP contribution is -2.12. The molecule has 0 aromatic carbocycles. The van der Waals surface area contributed by atoms with E-state index in [0.29, 0.717) is 26.2 Å². The number of carboxylic acid groups (broad SMARTS) is 1. The fourth-order valence-electron chi connectivity index (χ4n) is 0.818. The van der Waals surface area contributed by atoms with Crippen LogP contribution in [0.25, 0.3) is 0 Å². The molecule has 0 saturated heterocycles. The summed E-state index contributed by atoms with van der Waals surface area (Å²) >= 11 is 0. The third-order valence-corrected chi connectivity index (χ3v) is 1.48. The van der Waals surface area contributed by atoms with Crippen molar-refractivity contribution >= 4 is 5.97 Å². The number of ether oxygens (including phenoxy) is 2. The van der Waals surface area contributed by atoms with Gasteiger partial charge in [0.1, 0.15) is 6.61 Å². The molecule has 0 radical (unpaired) electrons. The van der Waals surface area contributed by atoms with Crippen molar-refractivity contribution in [3.63, 3.8) is 0 Å². The van der Waals surface area contributed by atoms with Crippen molar-refractivity contribution in [2.45, 2.75) is 12.8 Å². The van der Waals surface area contributed by atoms with Crippen LogP contribution in [-0.4, -0.2) is 49.2 Å². The Kier molecular flexibility index (Phi) is 9.23. The van der Waals surface area contributed by atoms with Gasteiger partial charge in [-0.2, -0.15) is 0 Å². The summed E-state index contributed by atoms with van der Waals surface area (Å²) in [6.07, 6.45) is 0.539. The van der Waals surface area contributed by atoms with E-state index in [-0.39, 0.29) is 19.6 Å². The van der Waals surface area contributed by atoms with Gasteiger partial charge in [0, 0.05) is 13.0 Å². The number of carbonyl (C=O) groups is 1. The Balaban J connectivity index is 2.98. The fraction of sp³-hybridized carbons (Fsp3) is 0.875. The van der Waals surface area contributed by atoms with Gasteiger partial charge in [0.15, 0.2) is 0 Å². The SMILES string of the molecule is O=C(O)CCCOCCOCCO[N+](=O)[O-]. The molecule has 0 aliphatic rings. The molecular weight excluding hydrogens is 222 g/mol. The number of aliphatic carboxylic acids is 1. The molecule has 0 aromatic heterocycles. The van der Waals surface area contributed by atoms with Crippen LogP contribution in [0, 0.1) is 10.1 Å². The lowest BCUT2D eigenvalue weighted by atomic mass is 10.3. The molecule has 0 heterocycles. The van der Waals surface area contributed by atoms with E-state index in [1.165, 1.54) is 0 Å². The van der Waals surface area contributed by atoms with Crippen LogP contribution < -0.4 is 0 Å². The average Bonchev–Trinajstić information content (AvgIpc) is 2.20. The van der Waals surface area contributed by atoms with E-state index < -0.39 is 11.1 Å². The highest BCUT2D eigenvalue weighted by Crippen LogP contribution is 1.90. The second kappa shape index (κ2) is 10.1. The van der Waals surface area contributed by atoms with E-state index in [1.807, 2.05) is 0 Å². The van der Waals surface area contributed by atoms with Crippen molar-refractivity contribution in [2.24, 2.45) is 0 Å². The monoisotopic (exact) mass is 237 g/mol. The molecule has 0 saturated carbocycles. The third kappa shape index (κ3) is 12.6. The Morgan fingerprint density at radius 3 is 2.25 bits per heavy atom. The van der Waals surface area contributed by atoms with E-state index in [1.54, 1.807) is 0 Å². The number of nitrogens with zero attached hydrogens (tertiary/aromatic N) is 1. The van der Waals surface area contributed by atoms with Crippen molar-refractivity contribution in [1.29, 1.82) is 0 Å². The maximum absolute atomic E-state index is 10.1. The molecule has 0 amide bonds. The van der Waals surface area contributed by atoms with E-state index in [0.717, 1.165) is 0 Å². The fourth-order valence-corrected chi connectivity index (χ4v) is 0.818. The van der Waals surface area contributed by atoms with Gasteiger partial charge in [-0.05, 0) is 6.42 Å². The molecule has 0 spiro atoms. The van der Waals surface area contributed by atoms with Crippen LogP contribution >= 0.6 is 0 Å². The average molecular weight is 237 g/mol. The molecule has 0 aliphatic heterocycles.